The Bertz CT molecular complexity index is 305. The minimum atomic E-state index is -0.871. The van der Waals surface area contributed by atoms with Gasteiger partial charge in [-0.05, 0) is 31.7 Å². The van der Waals surface area contributed by atoms with E-state index in [1.54, 1.807) is 6.26 Å². The summed E-state index contributed by atoms with van der Waals surface area (Å²) in [6.07, 6.45) is 3.84. The molecule has 0 aliphatic carbocycles. The number of nitrogens with one attached hydrogen (secondary N) is 2. The summed E-state index contributed by atoms with van der Waals surface area (Å²) in [6, 6.07) is -0.170. The number of piperidine rings is 1. The van der Waals surface area contributed by atoms with Crippen LogP contribution in [-0.4, -0.2) is 40.8 Å². The van der Waals surface area contributed by atoms with Crippen LogP contribution < -0.4 is 10.6 Å². The van der Waals surface area contributed by atoms with Crippen LogP contribution in [0.5, 0.6) is 0 Å². The molecular formula is C12H24N2O2S. The zero-order chi connectivity index (χ0) is 13.1. The van der Waals surface area contributed by atoms with Crippen molar-refractivity contribution in [3.05, 3.63) is 0 Å². The minimum absolute atomic E-state index is 0.00653. The first-order valence-corrected chi connectivity index (χ1v) is 7.89. The molecule has 1 rings (SSSR count). The molecule has 1 aliphatic heterocycles. The highest BCUT2D eigenvalue weighted by molar-refractivity contribution is 7.84. The average Bonchev–Trinajstić information content (AvgIpc) is 2.14. The number of carbonyl (C=O) groups is 1. The Morgan fingerprint density at radius 1 is 1.59 bits per heavy atom. The van der Waals surface area contributed by atoms with Gasteiger partial charge in [0.15, 0.2) is 0 Å². The maximum atomic E-state index is 12.1. The van der Waals surface area contributed by atoms with Gasteiger partial charge in [-0.3, -0.25) is 9.00 Å². The molecule has 0 aromatic rings. The van der Waals surface area contributed by atoms with E-state index in [4.69, 9.17) is 0 Å². The number of amides is 1. The average molecular weight is 260 g/mol. The van der Waals surface area contributed by atoms with Gasteiger partial charge in [-0.2, -0.15) is 0 Å². The molecule has 3 unspecified atom stereocenters. The SMILES string of the molecule is CC(CS(C)=O)NC(=O)C1NCCCC1(C)C. The smallest absolute Gasteiger partial charge is 0.237 e. The normalized spacial score (nSPS) is 27.2. The highest BCUT2D eigenvalue weighted by Gasteiger charge is 2.37. The molecule has 3 atom stereocenters. The van der Waals surface area contributed by atoms with Gasteiger partial charge in [0.1, 0.15) is 0 Å². The van der Waals surface area contributed by atoms with Gasteiger partial charge in [0.25, 0.3) is 0 Å². The Hall–Kier alpha value is -0.420. The number of hydrogen-bond donors (Lipinski definition) is 2. The van der Waals surface area contributed by atoms with Gasteiger partial charge in [0.05, 0.1) is 6.04 Å². The van der Waals surface area contributed by atoms with Gasteiger partial charge in [0.2, 0.25) is 5.91 Å². The summed E-state index contributed by atoms with van der Waals surface area (Å²) in [5, 5.41) is 6.22. The van der Waals surface area contributed by atoms with Crippen molar-refractivity contribution in [2.24, 2.45) is 5.41 Å². The van der Waals surface area contributed by atoms with Crippen LogP contribution in [0, 0.1) is 5.41 Å². The van der Waals surface area contributed by atoms with Crippen LogP contribution in [0.25, 0.3) is 0 Å². The molecule has 0 bridgehead atoms. The third kappa shape index (κ3) is 4.39. The van der Waals surface area contributed by atoms with Crippen molar-refractivity contribution in [1.29, 1.82) is 0 Å². The summed E-state index contributed by atoms with van der Waals surface area (Å²) in [5.41, 5.74) is -0.00653. The summed E-state index contributed by atoms with van der Waals surface area (Å²) >= 11 is 0. The second-order valence-electron chi connectivity index (χ2n) is 5.63. The van der Waals surface area contributed by atoms with Crippen LogP contribution in [0.15, 0.2) is 0 Å². The van der Waals surface area contributed by atoms with Gasteiger partial charge >= 0.3 is 0 Å². The molecule has 100 valence electrons. The van der Waals surface area contributed by atoms with Crippen molar-refractivity contribution in [1.82, 2.24) is 10.6 Å². The van der Waals surface area contributed by atoms with Crippen LogP contribution in [-0.2, 0) is 15.6 Å². The van der Waals surface area contributed by atoms with Gasteiger partial charge < -0.3 is 10.6 Å². The van der Waals surface area contributed by atoms with E-state index in [1.165, 1.54) is 0 Å². The molecule has 0 aromatic carbocycles. The topological polar surface area (TPSA) is 58.2 Å². The van der Waals surface area contributed by atoms with E-state index in [2.05, 4.69) is 24.5 Å². The molecule has 17 heavy (non-hydrogen) atoms. The standard InChI is InChI=1S/C12H24N2O2S/c1-9(8-17(4)16)14-11(15)10-12(2,3)6-5-7-13-10/h9-10,13H,5-8H2,1-4H3,(H,14,15). The second kappa shape index (κ2) is 5.96. The molecule has 4 nitrogen and oxygen atoms in total. The van der Waals surface area contributed by atoms with E-state index in [9.17, 15) is 9.00 Å². The van der Waals surface area contributed by atoms with E-state index in [0.29, 0.717) is 5.75 Å². The first-order chi connectivity index (χ1) is 7.83. The van der Waals surface area contributed by atoms with Gasteiger partial charge in [-0.25, -0.2) is 0 Å². The Morgan fingerprint density at radius 3 is 2.76 bits per heavy atom. The largest absolute Gasteiger partial charge is 0.351 e. The van der Waals surface area contributed by atoms with E-state index < -0.39 is 10.8 Å². The van der Waals surface area contributed by atoms with E-state index in [0.717, 1.165) is 19.4 Å². The molecule has 0 aromatic heterocycles. The van der Waals surface area contributed by atoms with E-state index in [-0.39, 0.29) is 23.4 Å². The molecule has 1 amide bonds. The maximum Gasteiger partial charge on any atom is 0.237 e. The maximum absolute atomic E-state index is 12.1. The number of rotatable bonds is 4. The highest BCUT2D eigenvalue weighted by atomic mass is 32.2. The van der Waals surface area contributed by atoms with Crippen molar-refractivity contribution >= 4 is 16.7 Å². The minimum Gasteiger partial charge on any atom is -0.351 e. The quantitative estimate of drug-likeness (QED) is 0.780. The Kier molecular flexibility index (Phi) is 5.13. The van der Waals surface area contributed by atoms with Crippen molar-refractivity contribution < 1.29 is 9.00 Å². The Labute approximate surface area is 106 Å². The van der Waals surface area contributed by atoms with Crippen LogP contribution in [0.1, 0.15) is 33.6 Å². The first kappa shape index (κ1) is 14.6. The van der Waals surface area contributed by atoms with Crippen molar-refractivity contribution in [2.75, 3.05) is 18.6 Å². The Balaban J connectivity index is 2.54. The lowest BCUT2D eigenvalue weighted by atomic mass is 9.77. The van der Waals surface area contributed by atoms with Crippen molar-refractivity contribution in [3.8, 4) is 0 Å². The van der Waals surface area contributed by atoms with Crippen LogP contribution in [0.3, 0.4) is 0 Å². The molecular weight excluding hydrogens is 236 g/mol. The van der Waals surface area contributed by atoms with Crippen molar-refractivity contribution in [3.63, 3.8) is 0 Å². The van der Waals surface area contributed by atoms with Crippen LogP contribution in [0.4, 0.5) is 0 Å². The molecule has 0 spiro atoms. The first-order valence-electron chi connectivity index (χ1n) is 6.17. The number of carbonyl (C=O) groups excluding carboxylic acids is 1. The van der Waals surface area contributed by atoms with Gasteiger partial charge in [-0.1, -0.05) is 13.8 Å². The van der Waals surface area contributed by atoms with Gasteiger partial charge in [-0.15, -0.1) is 0 Å². The molecule has 1 fully saturated rings. The summed E-state index contributed by atoms with van der Waals surface area (Å²) in [4.78, 5) is 12.1. The zero-order valence-electron chi connectivity index (χ0n) is 11.2. The fourth-order valence-corrected chi connectivity index (χ4v) is 3.17. The molecule has 1 saturated heterocycles. The molecule has 0 radical (unpaired) electrons. The molecule has 5 heteroatoms. The van der Waals surface area contributed by atoms with E-state index in [1.807, 2.05) is 6.92 Å². The third-order valence-corrected chi connectivity index (χ3v) is 4.23. The summed E-state index contributed by atoms with van der Waals surface area (Å²) in [5.74, 6) is 0.548. The third-order valence-electron chi connectivity index (χ3n) is 3.26. The van der Waals surface area contributed by atoms with Crippen molar-refractivity contribution in [2.45, 2.75) is 45.7 Å². The van der Waals surface area contributed by atoms with Crippen LogP contribution in [0.2, 0.25) is 0 Å². The predicted molar refractivity (Wildman–Crippen MR) is 71.3 cm³/mol. The van der Waals surface area contributed by atoms with E-state index >= 15 is 0 Å². The Morgan fingerprint density at radius 2 is 2.24 bits per heavy atom. The van der Waals surface area contributed by atoms with Gasteiger partial charge in [0, 0.05) is 28.9 Å². The van der Waals surface area contributed by atoms with Crippen LogP contribution >= 0.6 is 0 Å². The lowest BCUT2D eigenvalue weighted by molar-refractivity contribution is -0.127. The highest BCUT2D eigenvalue weighted by Crippen LogP contribution is 2.30. The molecule has 0 saturated carbocycles. The summed E-state index contributed by atoms with van der Waals surface area (Å²) in [7, 11) is -0.871. The monoisotopic (exact) mass is 260 g/mol. The zero-order valence-corrected chi connectivity index (χ0v) is 12.0. The molecule has 1 aliphatic rings. The predicted octanol–water partition coefficient (Wildman–Crippen LogP) is 0.648. The molecule has 1 heterocycles. The molecule has 2 N–H and O–H groups in total. The summed E-state index contributed by atoms with van der Waals surface area (Å²) < 4.78 is 11.1. The number of hydrogen-bond acceptors (Lipinski definition) is 3. The fourth-order valence-electron chi connectivity index (χ4n) is 2.38. The lowest BCUT2D eigenvalue weighted by Gasteiger charge is -2.38. The lowest BCUT2D eigenvalue weighted by Crippen LogP contribution is -2.57. The fraction of sp³-hybridized carbons (Fsp3) is 0.917. The second-order valence-corrected chi connectivity index (χ2v) is 7.11. The summed E-state index contributed by atoms with van der Waals surface area (Å²) in [6.45, 7) is 7.03.